The van der Waals surface area contributed by atoms with E-state index in [9.17, 15) is 32.3 Å². The number of nitrogens with one attached hydrogen (secondary N) is 1. The number of aromatic nitrogens is 2. The van der Waals surface area contributed by atoms with E-state index >= 15 is 0 Å². The Labute approximate surface area is 217 Å². The number of halogens is 4. The molecule has 12 heteroatoms. The number of anilines is 1. The SMILES string of the molecule is CCc1cccc(C)c1C(=O)N(CC)C[C@@](O)(CNC(=O)c1cnn(-c2ccc(F)cc2)c1N)C(F)(F)F. The first-order chi connectivity index (χ1) is 17.8. The van der Waals surface area contributed by atoms with Crippen molar-refractivity contribution in [2.75, 3.05) is 25.4 Å². The van der Waals surface area contributed by atoms with Crippen molar-refractivity contribution in [3.05, 3.63) is 76.7 Å². The quantitative estimate of drug-likeness (QED) is 0.362. The van der Waals surface area contributed by atoms with Gasteiger partial charge in [-0.1, -0.05) is 25.1 Å². The van der Waals surface area contributed by atoms with Gasteiger partial charge in [-0.2, -0.15) is 18.3 Å². The summed E-state index contributed by atoms with van der Waals surface area (Å²) in [5.41, 5.74) is 4.15. The van der Waals surface area contributed by atoms with Crippen LogP contribution >= 0.6 is 0 Å². The lowest BCUT2D eigenvalue weighted by Gasteiger charge is -2.35. The number of nitrogens with two attached hydrogens (primary N) is 1. The molecule has 3 aromatic rings. The van der Waals surface area contributed by atoms with E-state index in [1.807, 2.05) is 6.92 Å². The molecule has 1 heterocycles. The number of hydrogen-bond donors (Lipinski definition) is 3. The fourth-order valence-corrected chi connectivity index (χ4v) is 4.02. The van der Waals surface area contributed by atoms with Gasteiger partial charge in [-0.25, -0.2) is 9.07 Å². The number of hydrogen-bond acceptors (Lipinski definition) is 5. The van der Waals surface area contributed by atoms with Crippen LogP contribution in [0.3, 0.4) is 0 Å². The molecule has 1 aromatic heterocycles. The summed E-state index contributed by atoms with van der Waals surface area (Å²) in [6.45, 7) is 2.56. The molecule has 3 rings (SSSR count). The Morgan fingerprint density at radius 1 is 1.13 bits per heavy atom. The molecule has 0 bridgehead atoms. The number of nitrogens with zero attached hydrogens (tertiary/aromatic N) is 3. The molecule has 0 aliphatic rings. The molecule has 0 aliphatic heterocycles. The zero-order valence-electron chi connectivity index (χ0n) is 21.1. The average molecular weight is 536 g/mol. The van der Waals surface area contributed by atoms with Crippen LogP contribution in [-0.4, -0.2) is 63.0 Å². The minimum atomic E-state index is -5.18. The Hall–Kier alpha value is -3.93. The highest BCUT2D eigenvalue weighted by molar-refractivity contribution is 5.99. The van der Waals surface area contributed by atoms with E-state index in [0.29, 0.717) is 23.2 Å². The largest absolute Gasteiger partial charge is 0.420 e. The van der Waals surface area contributed by atoms with Crippen molar-refractivity contribution in [1.29, 1.82) is 0 Å². The Morgan fingerprint density at radius 2 is 1.79 bits per heavy atom. The lowest BCUT2D eigenvalue weighted by atomic mass is 9.97. The molecule has 0 spiro atoms. The fourth-order valence-electron chi connectivity index (χ4n) is 4.02. The number of rotatable bonds is 9. The van der Waals surface area contributed by atoms with Crippen molar-refractivity contribution >= 4 is 17.6 Å². The second-order valence-electron chi connectivity index (χ2n) is 8.83. The summed E-state index contributed by atoms with van der Waals surface area (Å²) in [6, 6.07) is 10.2. The van der Waals surface area contributed by atoms with Crippen LogP contribution in [-0.2, 0) is 6.42 Å². The van der Waals surface area contributed by atoms with Crippen molar-refractivity contribution in [2.24, 2.45) is 0 Å². The molecular weight excluding hydrogens is 506 g/mol. The summed E-state index contributed by atoms with van der Waals surface area (Å²) in [6.07, 6.45) is -3.64. The molecule has 0 saturated carbocycles. The summed E-state index contributed by atoms with van der Waals surface area (Å²) in [5, 5.41) is 16.7. The lowest BCUT2D eigenvalue weighted by Crippen LogP contribution is -2.60. The summed E-state index contributed by atoms with van der Waals surface area (Å²) in [4.78, 5) is 26.9. The predicted octanol–water partition coefficient (Wildman–Crippen LogP) is 3.65. The maximum atomic E-state index is 14.1. The van der Waals surface area contributed by atoms with Gasteiger partial charge in [-0.05, 0) is 55.7 Å². The van der Waals surface area contributed by atoms with Gasteiger partial charge in [0.1, 0.15) is 17.2 Å². The van der Waals surface area contributed by atoms with Gasteiger partial charge in [0.05, 0.1) is 25.0 Å². The number of nitrogen functional groups attached to an aromatic ring is 1. The van der Waals surface area contributed by atoms with Crippen molar-refractivity contribution in [3.8, 4) is 5.69 Å². The van der Waals surface area contributed by atoms with Gasteiger partial charge < -0.3 is 21.1 Å². The maximum Gasteiger partial charge on any atom is 0.420 e. The molecule has 2 aromatic carbocycles. The van der Waals surface area contributed by atoms with Crippen LogP contribution in [0.5, 0.6) is 0 Å². The number of carbonyl (C=O) groups is 2. The fraction of sp³-hybridized carbons (Fsp3) is 0.346. The molecule has 0 saturated heterocycles. The molecule has 8 nitrogen and oxygen atoms in total. The first-order valence-corrected chi connectivity index (χ1v) is 11.9. The maximum absolute atomic E-state index is 14.1. The van der Waals surface area contributed by atoms with Gasteiger partial charge in [0, 0.05) is 12.1 Å². The number of aliphatic hydroxyl groups is 1. The Bertz CT molecular complexity index is 1310. The second kappa shape index (κ2) is 11.2. The topological polar surface area (TPSA) is 113 Å². The highest BCUT2D eigenvalue weighted by Crippen LogP contribution is 2.32. The number of benzene rings is 2. The highest BCUT2D eigenvalue weighted by atomic mass is 19.4. The average Bonchev–Trinajstić information content (AvgIpc) is 3.26. The van der Waals surface area contributed by atoms with Crippen LogP contribution in [0, 0.1) is 12.7 Å². The Balaban J connectivity index is 1.82. The van der Waals surface area contributed by atoms with Crippen molar-refractivity contribution < 1.29 is 32.3 Å². The predicted molar refractivity (Wildman–Crippen MR) is 133 cm³/mol. The van der Waals surface area contributed by atoms with Crippen molar-refractivity contribution in [1.82, 2.24) is 20.0 Å². The van der Waals surface area contributed by atoms with Gasteiger partial charge in [-0.15, -0.1) is 0 Å². The van der Waals surface area contributed by atoms with Gasteiger partial charge in [-0.3, -0.25) is 9.59 Å². The minimum Gasteiger partial charge on any atom is -0.383 e. The molecule has 2 amide bonds. The van der Waals surface area contributed by atoms with Crippen LogP contribution in [0.15, 0.2) is 48.7 Å². The zero-order chi connectivity index (χ0) is 28.3. The number of likely N-dealkylation sites (N-methyl/N-ethyl adjacent to an activating group) is 1. The lowest BCUT2D eigenvalue weighted by molar-refractivity contribution is -0.259. The first kappa shape index (κ1) is 28.6. The van der Waals surface area contributed by atoms with Crippen LogP contribution in [0.25, 0.3) is 5.69 Å². The van der Waals surface area contributed by atoms with E-state index in [0.717, 1.165) is 27.9 Å². The molecule has 0 fully saturated rings. The molecule has 38 heavy (non-hydrogen) atoms. The van der Waals surface area contributed by atoms with Gasteiger partial charge in [0.2, 0.25) is 0 Å². The number of carbonyl (C=O) groups excluding carboxylic acids is 2. The van der Waals surface area contributed by atoms with Crippen LogP contribution in [0.2, 0.25) is 0 Å². The Kier molecular flexibility index (Phi) is 8.45. The third kappa shape index (κ3) is 5.80. The summed E-state index contributed by atoms with van der Waals surface area (Å²) >= 11 is 0. The van der Waals surface area contributed by atoms with E-state index in [1.165, 1.54) is 19.1 Å². The molecule has 0 aliphatic carbocycles. The van der Waals surface area contributed by atoms with Crippen LogP contribution in [0.4, 0.5) is 23.4 Å². The second-order valence-corrected chi connectivity index (χ2v) is 8.83. The monoisotopic (exact) mass is 535 g/mol. The number of aryl methyl sites for hydroxylation is 2. The molecular formula is C26H29F4N5O3. The van der Waals surface area contributed by atoms with Crippen LogP contribution in [0.1, 0.15) is 45.7 Å². The van der Waals surface area contributed by atoms with Gasteiger partial charge in [0.15, 0.2) is 5.60 Å². The Morgan fingerprint density at radius 3 is 2.37 bits per heavy atom. The normalized spacial score (nSPS) is 13.2. The summed E-state index contributed by atoms with van der Waals surface area (Å²) in [7, 11) is 0. The van der Waals surface area contributed by atoms with E-state index in [4.69, 9.17) is 5.73 Å². The highest BCUT2D eigenvalue weighted by Gasteiger charge is 2.55. The molecule has 4 N–H and O–H groups in total. The van der Waals surface area contributed by atoms with E-state index in [2.05, 4.69) is 10.4 Å². The van der Waals surface area contributed by atoms with E-state index in [-0.39, 0.29) is 23.5 Å². The first-order valence-electron chi connectivity index (χ1n) is 11.9. The van der Waals surface area contributed by atoms with Gasteiger partial charge in [0.25, 0.3) is 11.8 Å². The summed E-state index contributed by atoms with van der Waals surface area (Å²) in [5.74, 6) is -2.36. The standard InChI is InChI=1S/C26H29F4N5O3/c1-4-17-8-6-7-16(3)21(17)24(37)34(5-2)15-25(38,26(28,29)30)14-32-23(36)20-13-33-35(22(20)31)19-11-9-18(27)10-12-19/h6-13,38H,4-5,14-15,31H2,1-3H3,(H,32,36)/t25-/m0/s1. The van der Waals surface area contributed by atoms with Crippen molar-refractivity contribution in [2.45, 2.75) is 39.0 Å². The van der Waals surface area contributed by atoms with Crippen molar-refractivity contribution in [3.63, 3.8) is 0 Å². The van der Waals surface area contributed by atoms with E-state index < -0.39 is 42.5 Å². The molecule has 0 unspecified atom stereocenters. The molecule has 204 valence electrons. The molecule has 0 radical (unpaired) electrons. The third-order valence-electron chi connectivity index (χ3n) is 6.27. The molecule has 1 atom stereocenters. The smallest absolute Gasteiger partial charge is 0.383 e. The number of amides is 2. The van der Waals surface area contributed by atoms with Gasteiger partial charge >= 0.3 is 6.18 Å². The summed E-state index contributed by atoms with van der Waals surface area (Å²) < 4.78 is 56.5. The third-order valence-corrected chi connectivity index (χ3v) is 6.27. The number of alkyl halides is 3. The van der Waals surface area contributed by atoms with E-state index in [1.54, 1.807) is 25.1 Å². The van der Waals surface area contributed by atoms with Crippen LogP contribution < -0.4 is 11.1 Å². The minimum absolute atomic E-state index is 0.111. The zero-order valence-corrected chi connectivity index (χ0v) is 21.1.